The molecule has 0 saturated carbocycles. The van der Waals surface area contributed by atoms with Gasteiger partial charge in [-0.3, -0.25) is 19.2 Å². The zero-order valence-corrected chi connectivity index (χ0v) is 16.1. The molecule has 28 heavy (non-hydrogen) atoms. The summed E-state index contributed by atoms with van der Waals surface area (Å²) in [6.07, 6.45) is 1.97. The van der Waals surface area contributed by atoms with Crippen molar-refractivity contribution in [2.24, 2.45) is 0 Å². The van der Waals surface area contributed by atoms with Crippen molar-refractivity contribution in [2.45, 2.75) is 32.7 Å². The minimum absolute atomic E-state index is 0.0420. The highest BCUT2D eigenvalue weighted by Gasteiger charge is 2.36. The highest BCUT2D eigenvalue weighted by molar-refractivity contribution is 6.03. The maximum absolute atomic E-state index is 13.1. The number of esters is 1. The van der Waals surface area contributed by atoms with E-state index in [9.17, 15) is 19.2 Å². The molecule has 8 heteroatoms. The molecule has 8 nitrogen and oxygen atoms in total. The molecule has 1 aromatic rings. The molecule has 0 bridgehead atoms. The first kappa shape index (κ1) is 21.1. The Morgan fingerprint density at radius 3 is 2.64 bits per heavy atom. The zero-order valence-electron chi connectivity index (χ0n) is 16.1. The Hall–Kier alpha value is -3.16. The minimum atomic E-state index is -0.987. The van der Waals surface area contributed by atoms with Gasteiger partial charge in [0.25, 0.3) is 5.91 Å². The summed E-state index contributed by atoms with van der Waals surface area (Å²) in [5.74, 6) is -1.90. The Morgan fingerprint density at radius 2 is 2.00 bits per heavy atom. The molecule has 150 valence electrons. The number of nitrogens with one attached hydrogen (secondary N) is 2. The number of nitrogens with zero attached hydrogens (tertiary/aromatic N) is 1. The van der Waals surface area contributed by atoms with Crippen molar-refractivity contribution in [1.82, 2.24) is 15.5 Å². The lowest BCUT2D eigenvalue weighted by Crippen LogP contribution is -2.58. The van der Waals surface area contributed by atoms with E-state index in [0.29, 0.717) is 6.42 Å². The second-order valence-corrected chi connectivity index (χ2v) is 6.38. The third-order valence-electron chi connectivity index (χ3n) is 4.07. The molecule has 0 radical (unpaired) electrons. The summed E-state index contributed by atoms with van der Waals surface area (Å²) in [7, 11) is 0. The molecular formula is C20H25N3O5. The number of carbonyl (C=O) groups excluding carboxylic acids is 4. The second-order valence-electron chi connectivity index (χ2n) is 6.38. The van der Waals surface area contributed by atoms with Crippen LogP contribution in [-0.2, 0) is 23.9 Å². The molecule has 1 saturated heterocycles. The molecule has 0 spiro atoms. The summed E-state index contributed by atoms with van der Waals surface area (Å²) in [4.78, 5) is 50.3. The van der Waals surface area contributed by atoms with Crippen molar-refractivity contribution in [3.63, 3.8) is 0 Å². The fraction of sp³-hybridized carbons (Fsp3) is 0.400. The van der Waals surface area contributed by atoms with Crippen LogP contribution < -0.4 is 10.6 Å². The number of rotatable bonds is 7. The van der Waals surface area contributed by atoms with Gasteiger partial charge in [0.1, 0.15) is 11.7 Å². The first-order valence-corrected chi connectivity index (χ1v) is 9.21. The van der Waals surface area contributed by atoms with E-state index >= 15 is 0 Å². The lowest BCUT2D eigenvalue weighted by molar-refractivity contribution is -0.151. The number of piperazine rings is 1. The van der Waals surface area contributed by atoms with Crippen LogP contribution >= 0.6 is 0 Å². The van der Waals surface area contributed by atoms with Gasteiger partial charge in [-0.05, 0) is 18.1 Å². The van der Waals surface area contributed by atoms with E-state index < -0.39 is 29.7 Å². The lowest BCUT2D eigenvalue weighted by Gasteiger charge is -2.35. The predicted octanol–water partition coefficient (Wildman–Crippen LogP) is 0.834. The summed E-state index contributed by atoms with van der Waals surface area (Å²) in [5, 5.41) is 5.19. The maximum atomic E-state index is 13.1. The fourth-order valence-corrected chi connectivity index (χ4v) is 2.80. The van der Waals surface area contributed by atoms with Crippen LogP contribution in [0.1, 0.15) is 32.3 Å². The van der Waals surface area contributed by atoms with Gasteiger partial charge in [-0.15, -0.1) is 0 Å². The van der Waals surface area contributed by atoms with Gasteiger partial charge >= 0.3 is 5.97 Å². The van der Waals surface area contributed by atoms with E-state index in [-0.39, 0.29) is 31.8 Å². The third-order valence-corrected chi connectivity index (χ3v) is 4.07. The number of ether oxygens (including phenoxy) is 1. The van der Waals surface area contributed by atoms with Crippen LogP contribution in [0.15, 0.2) is 36.0 Å². The molecule has 1 fully saturated rings. The fourth-order valence-electron chi connectivity index (χ4n) is 2.80. The molecule has 1 unspecified atom stereocenters. The van der Waals surface area contributed by atoms with Crippen molar-refractivity contribution in [3.8, 4) is 0 Å². The van der Waals surface area contributed by atoms with E-state index in [1.807, 2.05) is 25.1 Å². The van der Waals surface area contributed by atoms with Crippen LogP contribution in [0.4, 0.5) is 0 Å². The van der Waals surface area contributed by atoms with Crippen LogP contribution in [0.5, 0.6) is 0 Å². The van der Waals surface area contributed by atoms with Gasteiger partial charge in [-0.1, -0.05) is 37.3 Å². The Morgan fingerprint density at radius 1 is 1.29 bits per heavy atom. The Bertz CT molecular complexity index is 760. The smallest absolute Gasteiger partial charge is 0.308 e. The number of hydrogen-bond acceptors (Lipinski definition) is 5. The summed E-state index contributed by atoms with van der Waals surface area (Å²) < 4.78 is 5.05. The summed E-state index contributed by atoms with van der Waals surface area (Å²) in [6, 6.07) is 8.04. The molecule has 1 aliphatic rings. The number of carbonyl (C=O) groups is 4. The SMILES string of the molecule is CCCOC(=O)CC1C(=O)NCCN1C(=O)/C(=C\c1ccccc1)NC(C)=O. The Kier molecular flexibility index (Phi) is 7.74. The Labute approximate surface area is 163 Å². The third kappa shape index (κ3) is 5.94. The van der Waals surface area contributed by atoms with E-state index in [4.69, 9.17) is 4.74 Å². The van der Waals surface area contributed by atoms with Crippen LogP contribution in [-0.4, -0.2) is 54.3 Å². The first-order chi connectivity index (χ1) is 13.4. The topological polar surface area (TPSA) is 105 Å². The van der Waals surface area contributed by atoms with E-state index in [2.05, 4.69) is 10.6 Å². The van der Waals surface area contributed by atoms with E-state index in [0.717, 1.165) is 5.56 Å². The minimum Gasteiger partial charge on any atom is -0.466 e. The van der Waals surface area contributed by atoms with Gasteiger partial charge in [-0.2, -0.15) is 0 Å². The van der Waals surface area contributed by atoms with E-state index in [1.54, 1.807) is 18.2 Å². The van der Waals surface area contributed by atoms with Gasteiger partial charge < -0.3 is 20.3 Å². The average Bonchev–Trinajstić information content (AvgIpc) is 2.67. The molecule has 0 aliphatic carbocycles. The van der Waals surface area contributed by atoms with Gasteiger partial charge in [0, 0.05) is 20.0 Å². The molecule has 3 amide bonds. The van der Waals surface area contributed by atoms with Crippen LogP contribution in [0.2, 0.25) is 0 Å². The monoisotopic (exact) mass is 387 g/mol. The molecular weight excluding hydrogens is 362 g/mol. The van der Waals surface area contributed by atoms with E-state index in [1.165, 1.54) is 11.8 Å². The number of hydrogen-bond donors (Lipinski definition) is 2. The molecule has 1 heterocycles. The molecule has 2 N–H and O–H groups in total. The van der Waals surface area contributed by atoms with Crippen LogP contribution in [0.25, 0.3) is 6.08 Å². The molecule has 2 rings (SSSR count). The van der Waals surface area contributed by atoms with Crippen molar-refractivity contribution < 1.29 is 23.9 Å². The van der Waals surface area contributed by atoms with Gasteiger partial charge in [0.05, 0.1) is 13.0 Å². The van der Waals surface area contributed by atoms with Crippen molar-refractivity contribution in [2.75, 3.05) is 19.7 Å². The highest BCUT2D eigenvalue weighted by Crippen LogP contribution is 2.15. The second kappa shape index (κ2) is 10.2. The predicted molar refractivity (Wildman–Crippen MR) is 103 cm³/mol. The van der Waals surface area contributed by atoms with Gasteiger partial charge in [0.2, 0.25) is 11.8 Å². The maximum Gasteiger partial charge on any atom is 0.308 e. The molecule has 1 aliphatic heterocycles. The highest BCUT2D eigenvalue weighted by atomic mass is 16.5. The molecule has 1 aromatic carbocycles. The molecule has 1 atom stereocenters. The lowest BCUT2D eigenvalue weighted by atomic mass is 10.1. The van der Waals surface area contributed by atoms with Crippen molar-refractivity contribution in [3.05, 3.63) is 41.6 Å². The number of benzene rings is 1. The number of amides is 3. The first-order valence-electron chi connectivity index (χ1n) is 9.21. The van der Waals surface area contributed by atoms with Crippen molar-refractivity contribution in [1.29, 1.82) is 0 Å². The summed E-state index contributed by atoms with van der Waals surface area (Å²) in [6.45, 7) is 3.91. The van der Waals surface area contributed by atoms with Gasteiger partial charge in [-0.25, -0.2) is 0 Å². The molecule has 0 aromatic heterocycles. The average molecular weight is 387 g/mol. The van der Waals surface area contributed by atoms with Gasteiger partial charge in [0.15, 0.2) is 0 Å². The van der Waals surface area contributed by atoms with Crippen LogP contribution in [0.3, 0.4) is 0 Å². The largest absolute Gasteiger partial charge is 0.466 e. The quantitative estimate of drug-likeness (QED) is 0.533. The van der Waals surface area contributed by atoms with Crippen LogP contribution in [0, 0.1) is 0 Å². The normalized spacial score (nSPS) is 16.9. The zero-order chi connectivity index (χ0) is 20.5. The van der Waals surface area contributed by atoms with Crippen molar-refractivity contribution >= 4 is 29.8 Å². The summed E-state index contributed by atoms with van der Waals surface area (Å²) in [5.41, 5.74) is 0.764. The summed E-state index contributed by atoms with van der Waals surface area (Å²) >= 11 is 0. The Balaban J connectivity index is 2.26. The standard InChI is InChI=1S/C20H25N3O5/c1-3-11-28-18(25)13-17-19(26)21-9-10-23(17)20(27)16(22-14(2)24)12-15-7-5-4-6-8-15/h4-8,12,17H,3,9-11,13H2,1-2H3,(H,21,26)(H,22,24)/b16-12+.